The number of rotatable bonds is 7. The van der Waals surface area contributed by atoms with Crippen molar-refractivity contribution in [1.29, 1.82) is 0 Å². The molecule has 0 fully saturated rings. The fraction of sp³-hybridized carbons (Fsp3) is 0.208. The highest BCUT2D eigenvalue weighted by atomic mass is 16.5. The summed E-state index contributed by atoms with van der Waals surface area (Å²) in [4.78, 5) is 11.8. The molecule has 0 aliphatic rings. The van der Waals surface area contributed by atoms with Gasteiger partial charge in [-0.15, -0.1) is 0 Å². The first-order chi connectivity index (χ1) is 13.2. The number of benzene rings is 3. The molecule has 3 aromatic rings. The largest absolute Gasteiger partial charge is 0.469 e. The summed E-state index contributed by atoms with van der Waals surface area (Å²) in [7, 11) is 1.40. The number of esters is 1. The topological polar surface area (TPSA) is 35.5 Å². The Balaban J connectivity index is 2.18. The molecule has 27 heavy (non-hydrogen) atoms. The number of carbonyl (C=O) groups excluding carboxylic acids is 1. The minimum Gasteiger partial charge on any atom is -0.469 e. The van der Waals surface area contributed by atoms with Crippen LogP contribution < -0.4 is 0 Å². The van der Waals surface area contributed by atoms with Gasteiger partial charge in [0, 0.05) is 0 Å². The summed E-state index contributed by atoms with van der Waals surface area (Å²) in [5.74, 6) is -0.286. The van der Waals surface area contributed by atoms with Crippen LogP contribution in [0.2, 0.25) is 0 Å². The lowest BCUT2D eigenvalue weighted by Gasteiger charge is -2.38. The van der Waals surface area contributed by atoms with Gasteiger partial charge in [-0.25, -0.2) is 0 Å². The predicted molar refractivity (Wildman–Crippen MR) is 106 cm³/mol. The van der Waals surface area contributed by atoms with Gasteiger partial charge in [-0.2, -0.15) is 0 Å². The Morgan fingerprint density at radius 2 is 1.15 bits per heavy atom. The van der Waals surface area contributed by atoms with E-state index in [0.717, 1.165) is 16.7 Å². The fourth-order valence-electron chi connectivity index (χ4n) is 3.38. The quantitative estimate of drug-likeness (QED) is 0.442. The molecule has 138 valence electrons. The lowest BCUT2D eigenvalue weighted by Crippen LogP contribution is -2.36. The Kier molecular flexibility index (Phi) is 6.05. The molecule has 0 aromatic heterocycles. The van der Waals surface area contributed by atoms with Gasteiger partial charge >= 0.3 is 5.97 Å². The van der Waals surface area contributed by atoms with Crippen LogP contribution in [0.5, 0.6) is 0 Å². The van der Waals surface area contributed by atoms with E-state index in [1.54, 1.807) is 0 Å². The van der Waals surface area contributed by atoms with Crippen molar-refractivity contribution in [3.05, 3.63) is 108 Å². The monoisotopic (exact) mass is 360 g/mol. The van der Waals surface area contributed by atoms with Crippen LogP contribution in [0.4, 0.5) is 0 Å². The summed E-state index contributed by atoms with van der Waals surface area (Å²) in [6, 6.07) is 30.4. The predicted octanol–water partition coefficient (Wildman–Crippen LogP) is 4.95. The van der Waals surface area contributed by atoms with E-state index < -0.39 is 5.60 Å². The Morgan fingerprint density at radius 3 is 1.48 bits per heavy atom. The molecule has 0 amide bonds. The molecule has 3 aromatic carbocycles. The third-order valence-corrected chi connectivity index (χ3v) is 4.60. The molecule has 1 atom stereocenters. The van der Waals surface area contributed by atoms with E-state index >= 15 is 0 Å². The zero-order valence-electron chi connectivity index (χ0n) is 15.7. The fourth-order valence-corrected chi connectivity index (χ4v) is 3.38. The van der Waals surface area contributed by atoms with Crippen molar-refractivity contribution < 1.29 is 14.3 Å². The number of hydrogen-bond donors (Lipinski definition) is 0. The molecule has 0 spiro atoms. The highest BCUT2D eigenvalue weighted by Gasteiger charge is 2.39. The van der Waals surface area contributed by atoms with Crippen molar-refractivity contribution in [3.8, 4) is 0 Å². The van der Waals surface area contributed by atoms with E-state index in [9.17, 15) is 4.79 Å². The standard InChI is InChI=1S/C24H24O3/c1-19(18-23(25)26-2)27-24(20-12-6-3-7-13-20,21-14-8-4-9-15-21)22-16-10-5-11-17-22/h3-17,19H,18H2,1-2H3. The van der Waals surface area contributed by atoms with Gasteiger partial charge in [-0.05, 0) is 23.6 Å². The zero-order chi connectivity index (χ0) is 19.1. The molecule has 0 heterocycles. The third kappa shape index (κ3) is 4.09. The van der Waals surface area contributed by atoms with E-state index in [2.05, 4.69) is 36.4 Å². The molecule has 0 saturated carbocycles. The van der Waals surface area contributed by atoms with Crippen molar-refractivity contribution in [3.63, 3.8) is 0 Å². The smallest absolute Gasteiger partial charge is 0.308 e. The van der Waals surface area contributed by atoms with Crippen molar-refractivity contribution in [1.82, 2.24) is 0 Å². The summed E-state index contributed by atoms with van der Waals surface area (Å²) in [5, 5.41) is 0. The van der Waals surface area contributed by atoms with Crippen molar-refractivity contribution in [2.45, 2.75) is 25.0 Å². The first-order valence-corrected chi connectivity index (χ1v) is 9.08. The average Bonchev–Trinajstić information content (AvgIpc) is 2.74. The Hall–Kier alpha value is -2.91. The van der Waals surface area contributed by atoms with Crippen LogP contribution in [0, 0.1) is 0 Å². The van der Waals surface area contributed by atoms with Crippen LogP contribution in [-0.4, -0.2) is 19.2 Å². The van der Waals surface area contributed by atoms with Gasteiger partial charge in [0.2, 0.25) is 0 Å². The summed E-state index contributed by atoms with van der Waals surface area (Å²) in [6.07, 6.45) is -0.150. The Morgan fingerprint density at radius 1 is 0.778 bits per heavy atom. The van der Waals surface area contributed by atoms with Gasteiger partial charge in [-0.1, -0.05) is 91.0 Å². The SMILES string of the molecule is COC(=O)CC(C)OC(c1ccccc1)(c1ccccc1)c1ccccc1. The van der Waals surface area contributed by atoms with Gasteiger partial charge in [0.25, 0.3) is 0 Å². The Bertz CT molecular complexity index is 748. The first-order valence-electron chi connectivity index (χ1n) is 9.08. The molecular weight excluding hydrogens is 336 g/mol. The molecule has 3 heteroatoms. The van der Waals surface area contributed by atoms with Gasteiger partial charge in [0.05, 0.1) is 19.6 Å². The maximum absolute atomic E-state index is 11.8. The summed E-state index contributed by atoms with van der Waals surface area (Å²) in [5.41, 5.74) is 2.22. The molecular formula is C24H24O3. The second-order valence-corrected chi connectivity index (χ2v) is 6.49. The average molecular weight is 360 g/mol. The number of ether oxygens (including phenoxy) is 2. The van der Waals surface area contributed by atoms with Crippen LogP contribution in [0.1, 0.15) is 30.0 Å². The van der Waals surface area contributed by atoms with E-state index in [-0.39, 0.29) is 18.5 Å². The lowest BCUT2D eigenvalue weighted by atomic mass is 9.80. The van der Waals surface area contributed by atoms with Crippen molar-refractivity contribution in [2.24, 2.45) is 0 Å². The molecule has 0 aliphatic carbocycles. The number of methoxy groups -OCH3 is 1. The second-order valence-electron chi connectivity index (χ2n) is 6.49. The van der Waals surface area contributed by atoms with E-state index in [1.165, 1.54) is 7.11 Å². The highest BCUT2D eigenvalue weighted by molar-refractivity contribution is 5.69. The summed E-state index contributed by atoms with van der Waals surface area (Å²) < 4.78 is 11.5. The molecule has 0 bridgehead atoms. The summed E-state index contributed by atoms with van der Waals surface area (Å²) in [6.45, 7) is 1.90. The molecule has 3 nitrogen and oxygen atoms in total. The van der Waals surface area contributed by atoms with Crippen LogP contribution in [0.3, 0.4) is 0 Å². The van der Waals surface area contributed by atoms with Crippen LogP contribution in [0.15, 0.2) is 91.0 Å². The van der Waals surface area contributed by atoms with E-state index in [4.69, 9.17) is 9.47 Å². The van der Waals surface area contributed by atoms with E-state index in [0.29, 0.717) is 0 Å². The van der Waals surface area contributed by atoms with E-state index in [1.807, 2.05) is 61.5 Å². The molecule has 0 saturated heterocycles. The normalized spacial score (nSPS) is 12.4. The van der Waals surface area contributed by atoms with Gasteiger partial charge in [0.15, 0.2) is 0 Å². The Labute approximate surface area is 160 Å². The van der Waals surface area contributed by atoms with Crippen LogP contribution in [-0.2, 0) is 19.9 Å². The van der Waals surface area contributed by atoms with Gasteiger partial charge in [-0.3, -0.25) is 4.79 Å². The first kappa shape index (κ1) is 18.9. The summed E-state index contributed by atoms with van der Waals surface area (Å²) >= 11 is 0. The minimum atomic E-state index is -0.822. The highest BCUT2D eigenvalue weighted by Crippen LogP contribution is 2.41. The van der Waals surface area contributed by atoms with Crippen LogP contribution in [0.25, 0.3) is 0 Å². The van der Waals surface area contributed by atoms with Crippen molar-refractivity contribution >= 4 is 5.97 Å². The third-order valence-electron chi connectivity index (χ3n) is 4.60. The molecule has 0 N–H and O–H groups in total. The number of carbonyl (C=O) groups is 1. The number of hydrogen-bond acceptors (Lipinski definition) is 3. The molecule has 1 unspecified atom stereocenters. The lowest BCUT2D eigenvalue weighted by molar-refractivity contribution is -0.145. The molecule has 0 aliphatic heterocycles. The van der Waals surface area contributed by atoms with Gasteiger partial charge < -0.3 is 9.47 Å². The van der Waals surface area contributed by atoms with Gasteiger partial charge in [0.1, 0.15) is 5.60 Å². The minimum absolute atomic E-state index is 0.185. The maximum Gasteiger partial charge on any atom is 0.308 e. The van der Waals surface area contributed by atoms with Crippen molar-refractivity contribution in [2.75, 3.05) is 7.11 Å². The zero-order valence-corrected chi connectivity index (χ0v) is 15.7. The molecule has 0 radical (unpaired) electrons. The maximum atomic E-state index is 11.8. The molecule has 3 rings (SSSR count). The van der Waals surface area contributed by atoms with Crippen LogP contribution >= 0.6 is 0 Å². The second kappa shape index (κ2) is 8.65.